The van der Waals surface area contributed by atoms with Gasteiger partial charge in [-0.05, 0) is 48.1 Å². The lowest BCUT2D eigenvalue weighted by Crippen LogP contribution is -2.32. The molecule has 2 N–H and O–H groups in total. The van der Waals surface area contributed by atoms with E-state index >= 15 is 0 Å². The number of benzene rings is 1. The number of methoxy groups -OCH3 is 1. The average Bonchev–Trinajstić information content (AvgIpc) is 3.05. The molecule has 1 amide bonds. The van der Waals surface area contributed by atoms with Gasteiger partial charge in [0.1, 0.15) is 0 Å². The Labute approximate surface area is 146 Å². The SMILES string of the molecule is COc1cc(CN2CCc3sccc3[C@H]2C)ccc1OCC(N)=O. The minimum atomic E-state index is -0.505. The molecular weight excluding hydrogens is 324 g/mol. The van der Waals surface area contributed by atoms with Crippen LogP contribution in [0.15, 0.2) is 29.6 Å². The van der Waals surface area contributed by atoms with E-state index in [0.29, 0.717) is 17.5 Å². The van der Waals surface area contributed by atoms with Crippen molar-refractivity contribution >= 4 is 17.2 Å². The Morgan fingerprint density at radius 3 is 2.96 bits per heavy atom. The summed E-state index contributed by atoms with van der Waals surface area (Å²) >= 11 is 1.85. The minimum Gasteiger partial charge on any atom is -0.493 e. The van der Waals surface area contributed by atoms with E-state index < -0.39 is 5.91 Å². The van der Waals surface area contributed by atoms with Crippen LogP contribution >= 0.6 is 11.3 Å². The monoisotopic (exact) mass is 346 g/mol. The van der Waals surface area contributed by atoms with Gasteiger partial charge in [0, 0.05) is 24.0 Å². The summed E-state index contributed by atoms with van der Waals surface area (Å²) < 4.78 is 10.8. The van der Waals surface area contributed by atoms with Gasteiger partial charge in [0.25, 0.3) is 5.91 Å². The summed E-state index contributed by atoms with van der Waals surface area (Å²) in [6, 6.07) is 8.46. The van der Waals surface area contributed by atoms with Crippen LogP contribution < -0.4 is 15.2 Å². The molecule has 0 fully saturated rings. The van der Waals surface area contributed by atoms with Crippen LogP contribution in [0.3, 0.4) is 0 Å². The summed E-state index contributed by atoms with van der Waals surface area (Å²) in [6.07, 6.45) is 1.11. The summed E-state index contributed by atoms with van der Waals surface area (Å²) in [5.41, 5.74) is 7.72. The number of nitrogens with zero attached hydrogens (tertiary/aromatic N) is 1. The first-order valence-corrected chi connectivity index (χ1v) is 8.84. The van der Waals surface area contributed by atoms with E-state index in [4.69, 9.17) is 15.2 Å². The second-order valence-electron chi connectivity index (χ2n) is 5.94. The first-order chi connectivity index (χ1) is 11.6. The van der Waals surface area contributed by atoms with Gasteiger partial charge in [0.2, 0.25) is 0 Å². The number of nitrogens with two attached hydrogens (primary N) is 1. The number of hydrogen-bond donors (Lipinski definition) is 1. The molecule has 0 aliphatic carbocycles. The van der Waals surface area contributed by atoms with Crippen LogP contribution in [0.1, 0.15) is 29.0 Å². The maximum Gasteiger partial charge on any atom is 0.255 e. The van der Waals surface area contributed by atoms with Crippen molar-refractivity contribution in [3.8, 4) is 11.5 Å². The van der Waals surface area contributed by atoms with Crippen LogP contribution in [0, 0.1) is 0 Å². The zero-order valence-corrected chi connectivity index (χ0v) is 14.8. The van der Waals surface area contributed by atoms with Crippen molar-refractivity contribution in [3.63, 3.8) is 0 Å². The van der Waals surface area contributed by atoms with Crippen molar-refractivity contribution in [1.82, 2.24) is 4.90 Å². The molecule has 0 saturated carbocycles. The standard InChI is InChI=1S/C18H22N2O3S/c1-12-14-6-8-24-17(14)5-7-20(12)10-13-3-4-15(16(9-13)22-2)23-11-18(19)21/h3-4,6,8-9,12H,5,7,10-11H2,1-2H3,(H2,19,21)/t12-/m1/s1. The Hall–Kier alpha value is -2.05. The first kappa shape index (κ1) is 16.8. The fourth-order valence-corrected chi connectivity index (χ4v) is 4.05. The molecular formula is C18H22N2O3S. The average molecular weight is 346 g/mol. The largest absolute Gasteiger partial charge is 0.493 e. The Morgan fingerprint density at radius 2 is 2.21 bits per heavy atom. The number of amides is 1. The van der Waals surface area contributed by atoms with Crippen LogP contribution in [0.2, 0.25) is 0 Å². The number of fused-ring (bicyclic) bond motifs is 1. The number of carbonyl (C=O) groups is 1. The van der Waals surface area contributed by atoms with E-state index in [9.17, 15) is 4.79 Å². The highest BCUT2D eigenvalue weighted by molar-refractivity contribution is 7.10. The molecule has 0 unspecified atom stereocenters. The van der Waals surface area contributed by atoms with E-state index in [0.717, 1.165) is 25.1 Å². The predicted octanol–water partition coefficient (Wildman–Crippen LogP) is 2.74. The second-order valence-corrected chi connectivity index (χ2v) is 6.94. The second kappa shape index (κ2) is 7.23. The number of ether oxygens (including phenoxy) is 2. The van der Waals surface area contributed by atoms with Crippen molar-refractivity contribution in [2.24, 2.45) is 5.73 Å². The quantitative estimate of drug-likeness (QED) is 0.873. The van der Waals surface area contributed by atoms with Crippen LogP contribution in [-0.4, -0.2) is 31.1 Å². The van der Waals surface area contributed by atoms with Crippen molar-refractivity contribution in [1.29, 1.82) is 0 Å². The topological polar surface area (TPSA) is 64.8 Å². The van der Waals surface area contributed by atoms with Crippen molar-refractivity contribution in [2.45, 2.75) is 25.9 Å². The smallest absolute Gasteiger partial charge is 0.255 e. The van der Waals surface area contributed by atoms with Gasteiger partial charge in [-0.25, -0.2) is 0 Å². The molecule has 2 heterocycles. The molecule has 1 aliphatic rings. The third kappa shape index (κ3) is 3.55. The van der Waals surface area contributed by atoms with E-state index in [1.807, 2.05) is 29.5 Å². The molecule has 1 atom stereocenters. The zero-order valence-electron chi connectivity index (χ0n) is 14.0. The number of carbonyl (C=O) groups excluding carboxylic acids is 1. The lowest BCUT2D eigenvalue weighted by atomic mass is 10.0. The van der Waals surface area contributed by atoms with Crippen LogP contribution in [0.4, 0.5) is 0 Å². The summed E-state index contributed by atoms with van der Waals surface area (Å²) in [5.74, 6) is 0.649. The molecule has 128 valence electrons. The minimum absolute atomic E-state index is 0.153. The van der Waals surface area contributed by atoms with Gasteiger partial charge in [0.05, 0.1) is 7.11 Å². The molecule has 1 aromatic carbocycles. The molecule has 1 aromatic heterocycles. The first-order valence-electron chi connectivity index (χ1n) is 7.97. The molecule has 5 nitrogen and oxygen atoms in total. The number of rotatable bonds is 6. The highest BCUT2D eigenvalue weighted by Gasteiger charge is 2.24. The van der Waals surface area contributed by atoms with E-state index in [1.54, 1.807) is 7.11 Å². The van der Waals surface area contributed by atoms with E-state index in [-0.39, 0.29) is 6.61 Å². The molecule has 1 aliphatic heterocycles. The number of thiophene rings is 1. The van der Waals surface area contributed by atoms with Gasteiger partial charge in [-0.15, -0.1) is 11.3 Å². The van der Waals surface area contributed by atoms with Gasteiger partial charge >= 0.3 is 0 Å². The fourth-order valence-electron chi connectivity index (χ4n) is 3.09. The van der Waals surface area contributed by atoms with Crippen LogP contribution in [-0.2, 0) is 17.8 Å². The lowest BCUT2D eigenvalue weighted by Gasteiger charge is -2.33. The third-order valence-electron chi connectivity index (χ3n) is 4.39. The highest BCUT2D eigenvalue weighted by Crippen LogP contribution is 2.35. The Morgan fingerprint density at radius 1 is 1.38 bits per heavy atom. The van der Waals surface area contributed by atoms with Gasteiger partial charge in [0.15, 0.2) is 18.1 Å². The van der Waals surface area contributed by atoms with Gasteiger partial charge < -0.3 is 15.2 Å². The van der Waals surface area contributed by atoms with Gasteiger partial charge in [-0.3, -0.25) is 9.69 Å². The molecule has 0 spiro atoms. The molecule has 0 saturated heterocycles. The van der Waals surface area contributed by atoms with Gasteiger partial charge in [-0.2, -0.15) is 0 Å². The molecule has 6 heteroatoms. The van der Waals surface area contributed by atoms with Gasteiger partial charge in [-0.1, -0.05) is 6.07 Å². The molecule has 0 bridgehead atoms. The van der Waals surface area contributed by atoms with E-state index in [2.05, 4.69) is 23.3 Å². The number of primary amides is 1. The zero-order chi connectivity index (χ0) is 17.1. The van der Waals surface area contributed by atoms with E-state index in [1.165, 1.54) is 10.4 Å². The van der Waals surface area contributed by atoms with Crippen molar-refractivity contribution in [2.75, 3.05) is 20.3 Å². The maximum atomic E-state index is 10.9. The van der Waals surface area contributed by atoms with Crippen molar-refractivity contribution in [3.05, 3.63) is 45.6 Å². The van der Waals surface area contributed by atoms with Crippen molar-refractivity contribution < 1.29 is 14.3 Å². The normalized spacial score (nSPS) is 17.3. The maximum absolute atomic E-state index is 10.9. The summed E-state index contributed by atoms with van der Waals surface area (Å²) in [5, 5.41) is 2.18. The number of hydrogen-bond acceptors (Lipinski definition) is 5. The lowest BCUT2D eigenvalue weighted by molar-refractivity contribution is -0.119. The molecule has 3 rings (SSSR count). The molecule has 0 radical (unpaired) electrons. The Bertz CT molecular complexity index is 729. The fraction of sp³-hybridized carbons (Fsp3) is 0.389. The third-order valence-corrected chi connectivity index (χ3v) is 5.38. The summed E-state index contributed by atoms with van der Waals surface area (Å²) in [4.78, 5) is 14.8. The van der Waals surface area contributed by atoms with Crippen LogP contribution in [0.25, 0.3) is 0 Å². The van der Waals surface area contributed by atoms with Crippen LogP contribution in [0.5, 0.6) is 11.5 Å². The summed E-state index contributed by atoms with van der Waals surface area (Å²) in [7, 11) is 1.59. The Balaban J connectivity index is 1.72. The molecule has 2 aromatic rings. The molecule has 24 heavy (non-hydrogen) atoms. The highest BCUT2D eigenvalue weighted by atomic mass is 32.1. The Kier molecular flexibility index (Phi) is 5.06. The summed E-state index contributed by atoms with van der Waals surface area (Å²) in [6.45, 7) is 4.01. The predicted molar refractivity (Wildman–Crippen MR) is 94.5 cm³/mol.